The van der Waals surface area contributed by atoms with Crippen LogP contribution in [0.1, 0.15) is 30.5 Å². The second-order valence-corrected chi connectivity index (χ2v) is 10.0. The van der Waals surface area contributed by atoms with Crippen molar-refractivity contribution in [2.75, 3.05) is 13.1 Å². The summed E-state index contributed by atoms with van der Waals surface area (Å²) in [5.74, 6) is -0.203. The molecule has 0 bridgehead atoms. The molecule has 3 aromatic rings. The zero-order chi connectivity index (χ0) is 23.8. The van der Waals surface area contributed by atoms with E-state index >= 15 is 0 Å². The number of hydrogen-bond donors (Lipinski definition) is 0. The number of aliphatic imine (C=N–C) groups is 1. The van der Waals surface area contributed by atoms with Gasteiger partial charge in [0.2, 0.25) is 0 Å². The quantitative estimate of drug-likeness (QED) is 0.488. The molecule has 174 valence electrons. The lowest BCUT2D eigenvalue weighted by Gasteiger charge is -2.35. The van der Waals surface area contributed by atoms with Crippen molar-refractivity contribution >= 4 is 28.9 Å². The third-order valence-electron chi connectivity index (χ3n) is 6.00. The number of carbonyl (C=O) groups excluding carboxylic acids is 1. The maximum Gasteiger partial charge on any atom is 0.286 e. The van der Waals surface area contributed by atoms with Gasteiger partial charge in [-0.3, -0.25) is 4.79 Å². The zero-order valence-corrected chi connectivity index (χ0v) is 20.7. The van der Waals surface area contributed by atoms with Crippen LogP contribution in [0.5, 0.6) is 0 Å². The van der Waals surface area contributed by atoms with E-state index in [1.807, 2.05) is 47.3 Å². The molecule has 1 aromatic heterocycles. The van der Waals surface area contributed by atoms with Gasteiger partial charge in [0.25, 0.3) is 5.91 Å². The van der Waals surface area contributed by atoms with Crippen molar-refractivity contribution in [2.24, 2.45) is 4.99 Å². The van der Waals surface area contributed by atoms with Crippen LogP contribution < -0.4 is 0 Å². The number of morpholine rings is 1. The fourth-order valence-electron chi connectivity index (χ4n) is 4.41. The predicted molar refractivity (Wildman–Crippen MR) is 138 cm³/mol. The second-order valence-electron chi connectivity index (χ2n) is 9.00. The Morgan fingerprint density at radius 2 is 1.79 bits per heavy atom. The van der Waals surface area contributed by atoms with Crippen LogP contribution in [0.2, 0.25) is 0 Å². The SMILES string of the molecule is Cc1ccc(C)c(-c2nn(-c3ccccc3)cc2/C=C2/SC(N3C[C@@H](C)O[C@@H](C)C3)=NC2=O)c1. The van der Waals surface area contributed by atoms with Crippen LogP contribution in [-0.4, -0.2) is 51.1 Å². The Bertz CT molecular complexity index is 1290. The van der Waals surface area contributed by atoms with Crippen molar-refractivity contribution in [3.63, 3.8) is 0 Å². The van der Waals surface area contributed by atoms with Crippen molar-refractivity contribution < 1.29 is 9.53 Å². The molecule has 0 spiro atoms. The average molecular weight is 473 g/mol. The maximum absolute atomic E-state index is 12.9. The van der Waals surface area contributed by atoms with Gasteiger partial charge in [0.1, 0.15) is 5.69 Å². The number of amidine groups is 1. The molecule has 34 heavy (non-hydrogen) atoms. The van der Waals surface area contributed by atoms with Crippen molar-refractivity contribution in [1.29, 1.82) is 0 Å². The fraction of sp³-hybridized carbons (Fsp3) is 0.296. The number of aryl methyl sites for hydroxylation is 2. The molecule has 0 radical (unpaired) electrons. The van der Waals surface area contributed by atoms with Gasteiger partial charge in [-0.25, -0.2) is 4.68 Å². The number of amides is 1. The Hall–Kier alpha value is -3.16. The molecule has 2 aliphatic rings. The second kappa shape index (κ2) is 9.24. The van der Waals surface area contributed by atoms with Gasteiger partial charge in [0.15, 0.2) is 5.17 Å². The van der Waals surface area contributed by atoms with Gasteiger partial charge in [-0.15, -0.1) is 0 Å². The minimum Gasteiger partial charge on any atom is -0.372 e. The van der Waals surface area contributed by atoms with Gasteiger partial charge in [-0.1, -0.05) is 35.9 Å². The van der Waals surface area contributed by atoms with Gasteiger partial charge >= 0.3 is 0 Å². The first-order chi connectivity index (χ1) is 16.4. The van der Waals surface area contributed by atoms with Crippen molar-refractivity contribution in [3.8, 4) is 16.9 Å². The summed E-state index contributed by atoms with van der Waals surface area (Å²) in [7, 11) is 0. The minimum atomic E-state index is -0.203. The molecule has 7 heteroatoms. The van der Waals surface area contributed by atoms with Gasteiger partial charge in [0, 0.05) is 30.4 Å². The topological polar surface area (TPSA) is 59.7 Å². The lowest BCUT2D eigenvalue weighted by Crippen LogP contribution is -2.47. The van der Waals surface area contributed by atoms with Gasteiger partial charge in [-0.05, 0) is 69.3 Å². The summed E-state index contributed by atoms with van der Waals surface area (Å²) in [6.07, 6.45) is 4.13. The summed E-state index contributed by atoms with van der Waals surface area (Å²) in [4.78, 5) is 20.0. The highest BCUT2D eigenvalue weighted by Crippen LogP contribution is 2.35. The van der Waals surface area contributed by atoms with E-state index in [0.29, 0.717) is 4.91 Å². The summed E-state index contributed by atoms with van der Waals surface area (Å²) in [5.41, 5.74) is 6.09. The highest BCUT2D eigenvalue weighted by molar-refractivity contribution is 8.18. The Morgan fingerprint density at radius 3 is 2.53 bits per heavy atom. The Labute approximate surface area is 204 Å². The molecule has 3 heterocycles. The van der Waals surface area contributed by atoms with Crippen LogP contribution in [0.3, 0.4) is 0 Å². The fourth-order valence-corrected chi connectivity index (χ4v) is 5.34. The standard InChI is InChI=1S/C27H28N4O2S/c1-17-10-11-18(2)23(12-17)25-21(16-31(29-25)22-8-6-5-7-9-22)13-24-26(32)28-27(34-24)30-14-19(3)33-20(4)15-30/h5-13,16,19-20H,14-15H2,1-4H3/b24-13+/t19-,20+. The number of carbonyl (C=O) groups is 1. The summed E-state index contributed by atoms with van der Waals surface area (Å²) in [6.45, 7) is 9.74. The Kier molecular flexibility index (Phi) is 6.15. The number of thioether (sulfide) groups is 1. The van der Waals surface area contributed by atoms with Crippen LogP contribution >= 0.6 is 11.8 Å². The number of benzene rings is 2. The minimum absolute atomic E-state index is 0.107. The molecule has 0 N–H and O–H groups in total. The average Bonchev–Trinajstić information content (AvgIpc) is 3.39. The highest BCUT2D eigenvalue weighted by Gasteiger charge is 2.31. The molecule has 2 atom stereocenters. The molecule has 1 fully saturated rings. The molecule has 1 amide bonds. The van der Waals surface area contributed by atoms with Crippen LogP contribution in [-0.2, 0) is 9.53 Å². The largest absolute Gasteiger partial charge is 0.372 e. The van der Waals surface area contributed by atoms with Crippen LogP contribution in [0, 0.1) is 13.8 Å². The van der Waals surface area contributed by atoms with E-state index in [2.05, 4.69) is 55.8 Å². The lowest BCUT2D eigenvalue weighted by atomic mass is 10.0. The third-order valence-corrected chi connectivity index (χ3v) is 7.04. The zero-order valence-electron chi connectivity index (χ0n) is 19.9. The molecule has 6 nitrogen and oxygen atoms in total. The molecule has 0 saturated carbocycles. The summed E-state index contributed by atoms with van der Waals surface area (Å²) < 4.78 is 7.71. The van der Waals surface area contributed by atoms with Crippen LogP contribution in [0.4, 0.5) is 0 Å². The van der Waals surface area contributed by atoms with E-state index in [1.165, 1.54) is 17.3 Å². The first kappa shape index (κ1) is 22.6. The van der Waals surface area contributed by atoms with Crippen LogP contribution in [0.25, 0.3) is 23.0 Å². The van der Waals surface area contributed by atoms with Crippen molar-refractivity contribution in [3.05, 3.63) is 76.3 Å². The highest BCUT2D eigenvalue weighted by atomic mass is 32.2. The van der Waals surface area contributed by atoms with E-state index < -0.39 is 0 Å². The molecule has 2 aromatic carbocycles. The number of aromatic nitrogens is 2. The van der Waals surface area contributed by atoms with Gasteiger partial charge < -0.3 is 9.64 Å². The number of rotatable bonds is 3. The molecule has 5 rings (SSSR count). The summed E-state index contributed by atoms with van der Waals surface area (Å²) in [5, 5.41) is 5.69. The Morgan fingerprint density at radius 1 is 1.06 bits per heavy atom. The monoisotopic (exact) mass is 472 g/mol. The predicted octanol–water partition coefficient (Wildman–Crippen LogP) is 5.24. The van der Waals surface area contributed by atoms with E-state index in [4.69, 9.17) is 9.84 Å². The lowest BCUT2D eigenvalue weighted by molar-refractivity contribution is -0.113. The van der Waals surface area contributed by atoms with Gasteiger partial charge in [-0.2, -0.15) is 10.1 Å². The van der Waals surface area contributed by atoms with E-state index in [-0.39, 0.29) is 18.1 Å². The summed E-state index contributed by atoms with van der Waals surface area (Å²) in [6, 6.07) is 16.4. The molecule has 0 unspecified atom stereocenters. The van der Waals surface area contributed by atoms with Crippen molar-refractivity contribution in [1.82, 2.24) is 14.7 Å². The number of ether oxygens (including phenoxy) is 1. The van der Waals surface area contributed by atoms with Crippen molar-refractivity contribution in [2.45, 2.75) is 39.9 Å². The first-order valence-corrected chi connectivity index (χ1v) is 12.3. The normalized spacial score (nSPS) is 21.9. The van der Waals surface area contributed by atoms with E-state index in [9.17, 15) is 4.79 Å². The first-order valence-electron chi connectivity index (χ1n) is 11.5. The summed E-state index contributed by atoms with van der Waals surface area (Å²) >= 11 is 1.44. The number of hydrogen-bond acceptors (Lipinski definition) is 5. The van der Waals surface area contributed by atoms with E-state index in [0.717, 1.165) is 46.3 Å². The number of para-hydroxylation sites is 1. The van der Waals surface area contributed by atoms with E-state index in [1.54, 1.807) is 0 Å². The molecule has 0 aliphatic carbocycles. The number of nitrogens with zero attached hydrogens (tertiary/aromatic N) is 4. The molecular formula is C27H28N4O2S. The third kappa shape index (κ3) is 4.58. The molecule has 1 saturated heterocycles. The maximum atomic E-state index is 12.9. The molecule has 2 aliphatic heterocycles. The molecular weight excluding hydrogens is 444 g/mol. The van der Waals surface area contributed by atoms with Gasteiger partial charge in [0.05, 0.1) is 22.8 Å². The Balaban J connectivity index is 1.52. The van der Waals surface area contributed by atoms with Crippen LogP contribution in [0.15, 0.2) is 64.6 Å². The smallest absolute Gasteiger partial charge is 0.286 e.